The van der Waals surface area contributed by atoms with Gasteiger partial charge in [0.05, 0.1) is 12.7 Å². The van der Waals surface area contributed by atoms with Gasteiger partial charge in [-0.05, 0) is 30.7 Å². The van der Waals surface area contributed by atoms with Crippen LogP contribution in [-0.2, 0) is 21.2 Å². The first-order valence-corrected chi connectivity index (χ1v) is 9.49. The van der Waals surface area contributed by atoms with Gasteiger partial charge in [0.25, 0.3) is 0 Å². The average molecular weight is 316 g/mol. The fourth-order valence-corrected chi connectivity index (χ4v) is 3.64. The van der Waals surface area contributed by atoms with Gasteiger partial charge in [0.1, 0.15) is 0 Å². The first-order chi connectivity index (χ1) is 9.46. The molecule has 0 saturated carbocycles. The van der Waals surface area contributed by atoms with Gasteiger partial charge in [-0.3, -0.25) is 4.79 Å². The molecule has 1 atom stereocenters. The Morgan fingerprint density at radius 1 is 1.50 bits per heavy atom. The van der Waals surface area contributed by atoms with E-state index in [9.17, 15) is 13.2 Å². The summed E-state index contributed by atoms with van der Waals surface area (Å²) in [7, 11) is -3.21. The van der Waals surface area contributed by atoms with Crippen molar-refractivity contribution in [3.8, 4) is 0 Å². The number of piperidine rings is 1. The van der Waals surface area contributed by atoms with E-state index in [1.807, 2.05) is 22.4 Å². The molecule has 1 unspecified atom stereocenters. The number of likely N-dealkylation sites (tertiary alicyclic amines) is 1. The van der Waals surface area contributed by atoms with Gasteiger partial charge in [-0.2, -0.15) is 0 Å². The summed E-state index contributed by atoms with van der Waals surface area (Å²) in [6.45, 7) is 1.04. The van der Waals surface area contributed by atoms with Crippen LogP contribution in [0, 0.1) is 0 Å². The lowest BCUT2D eigenvalue weighted by Gasteiger charge is -2.35. The molecule has 1 saturated heterocycles. The summed E-state index contributed by atoms with van der Waals surface area (Å²) < 4.78 is 24.9. The smallest absolute Gasteiger partial charge is 0.228 e. The molecular weight excluding hydrogens is 296 g/mol. The Morgan fingerprint density at radius 2 is 2.30 bits per heavy atom. The van der Waals surface area contributed by atoms with E-state index in [4.69, 9.17) is 0 Å². The van der Waals surface area contributed by atoms with E-state index in [1.165, 1.54) is 0 Å². The third-order valence-corrected chi connectivity index (χ3v) is 5.00. The lowest BCUT2D eigenvalue weighted by atomic mass is 10.0. The van der Waals surface area contributed by atoms with Gasteiger partial charge in [-0.15, -0.1) is 11.3 Å². The minimum atomic E-state index is -3.21. The van der Waals surface area contributed by atoms with Crippen molar-refractivity contribution < 1.29 is 13.2 Å². The highest BCUT2D eigenvalue weighted by Gasteiger charge is 2.27. The summed E-state index contributed by atoms with van der Waals surface area (Å²) in [4.78, 5) is 15.2. The summed E-state index contributed by atoms with van der Waals surface area (Å²) in [5.41, 5.74) is 0. The van der Waals surface area contributed by atoms with E-state index in [0.717, 1.165) is 36.9 Å². The van der Waals surface area contributed by atoms with Crippen LogP contribution >= 0.6 is 11.3 Å². The van der Waals surface area contributed by atoms with Gasteiger partial charge < -0.3 is 4.90 Å². The maximum Gasteiger partial charge on any atom is 0.228 e. The summed E-state index contributed by atoms with van der Waals surface area (Å²) in [5.74, 6) is 0.0902. The molecule has 112 valence electrons. The molecule has 0 spiro atoms. The molecule has 0 bridgehead atoms. The van der Waals surface area contributed by atoms with E-state index in [2.05, 4.69) is 4.72 Å². The van der Waals surface area contributed by atoms with Crippen molar-refractivity contribution >= 4 is 27.3 Å². The SMILES string of the molecule is CS(=O)(=O)NCC1CCCCN1C(=O)Cc1cccs1. The van der Waals surface area contributed by atoms with Crippen molar-refractivity contribution in [2.45, 2.75) is 31.7 Å². The van der Waals surface area contributed by atoms with E-state index in [0.29, 0.717) is 13.0 Å². The van der Waals surface area contributed by atoms with Crippen LogP contribution < -0.4 is 4.72 Å². The highest BCUT2D eigenvalue weighted by atomic mass is 32.2. The second-order valence-corrected chi connectivity index (χ2v) is 7.98. The Morgan fingerprint density at radius 3 is 2.95 bits per heavy atom. The van der Waals surface area contributed by atoms with Crippen molar-refractivity contribution in [1.82, 2.24) is 9.62 Å². The largest absolute Gasteiger partial charge is 0.338 e. The maximum absolute atomic E-state index is 12.4. The number of amides is 1. The van der Waals surface area contributed by atoms with Crippen molar-refractivity contribution in [2.75, 3.05) is 19.3 Å². The number of rotatable bonds is 5. The van der Waals surface area contributed by atoms with Crippen LogP contribution in [0.15, 0.2) is 17.5 Å². The lowest BCUT2D eigenvalue weighted by Crippen LogP contribution is -2.49. The molecule has 1 aliphatic rings. The van der Waals surface area contributed by atoms with E-state index < -0.39 is 10.0 Å². The molecule has 5 nitrogen and oxygen atoms in total. The molecule has 7 heteroatoms. The molecule has 1 amide bonds. The minimum absolute atomic E-state index is 0.0223. The van der Waals surface area contributed by atoms with Gasteiger partial charge in [-0.25, -0.2) is 13.1 Å². The molecule has 1 N–H and O–H groups in total. The molecule has 1 fully saturated rings. The van der Waals surface area contributed by atoms with Crippen LogP contribution in [0.1, 0.15) is 24.1 Å². The average Bonchev–Trinajstić information content (AvgIpc) is 2.88. The number of sulfonamides is 1. The fraction of sp³-hybridized carbons (Fsp3) is 0.615. The second kappa shape index (κ2) is 6.69. The van der Waals surface area contributed by atoms with Crippen LogP contribution in [0.25, 0.3) is 0 Å². The number of hydrogen-bond acceptors (Lipinski definition) is 4. The molecule has 0 aromatic carbocycles. The molecule has 1 aliphatic heterocycles. The van der Waals surface area contributed by atoms with Crippen LogP contribution in [0.5, 0.6) is 0 Å². The normalized spacial score (nSPS) is 20.1. The molecule has 1 aromatic rings. The number of carbonyl (C=O) groups excluding carboxylic acids is 1. The van der Waals surface area contributed by atoms with Crippen molar-refractivity contribution in [3.63, 3.8) is 0 Å². The van der Waals surface area contributed by atoms with Gasteiger partial charge >= 0.3 is 0 Å². The summed E-state index contributed by atoms with van der Waals surface area (Å²) in [5, 5.41) is 1.96. The third kappa shape index (κ3) is 4.57. The fourth-order valence-electron chi connectivity index (χ4n) is 2.45. The topological polar surface area (TPSA) is 66.5 Å². The van der Waals surface area contributed by atoms with Crippen molar-refractivity contribution in [2.24, 2.45) is 0 Å². The molecule has 2 heterocycles. The molecule has 20 heavy (non-hydrogen) atoms. The summed E-state index contributed by atoms with van der Waals surface area (Å²) >= 11 is 1.58. The highest BCUT2D eigenvalue weighted by molar-refractivity contribution is 7.88. The Balaban J connectivity index is 1.97. The maximum atomic E-state index is 12.4. The Labute approximate surface area is 124 Å². The quantitative estimate of drug-likeness (QED) is 0.888. The monoisotopic (exact) mass is 316 g/mol. The van der Waals surface area contributed by atoms with Crippen LogP contribution in [0.2, 0.25) is 0 Å². The summed E-state index contributed by atoms with van der Waals surface area (Å²) in [6.07, 6.45) is 4.45. The summed E-state index contributed by atoms with van der Waals surface area (Å²) in [6, 6.07) is 3.87. The van der Waals surface area contributed by atoms with Crippen LogP contribution in [-0.4, -0.2) is 44.6 Å². The zero-order valence-corrected chi connectivity index (χ0v) is 13.2. The molecule has 1 aromatic heterocycles. The predicted octanol–water partition coefficient (Wildman–Crippen LogP) is 1.22. The first-order valence-electron chi connectivity index (χ1n) is 6.72. The van der Waals surface area contributed by atoms with Crippen molar-refractivity contribution in [1.29, 1.82) is 0 Å². The van der Waals surface area contributed by atoms with Gasteiger partial charge in [0.15, 0.2) is 0 Å². The molecule has 2 rings (SSSR count). The van der Waals surface area contributed by atoms with E-state index >= 15 is 0 Å². The zero-order chi connectivity index (χ0) is 14.6. The van der Waals surface area contributed by atoms with Crippen molar-refractivity contribution in [3.05, 3.63) is 22.4 Å². The number of nitrogens with zero attached hydrogens (tertiary/aromatic N) is 1. The predicted molar refractivity (Wildman–Crippen MR) is 80.2 cm³/mol. The lowest BCUT2D eigenvalue weighted by molar-refractivity contribution is -0.133. The molecule has 0 aliphatic carbocycles. The standard InChI is InChI=1S/C13H20N2O3S2/c1-20(17,18)14-10-11-5-2-3-7-15(11)13(16)9-12-6-4-8-19-12/h4,6,8,11,14H,2-3,5,7,9-10H2,1H3. The minimum Gasteiger partial charge on any atom is -0.338 e. The van der Waals surface area contributed by atoms with Gasteiger partial charge in [0, 0.05) is 24.0 Å². The Hall–Kier alpha value is -0.920. The number of thiophene rings is 1. The Bertz CT molecular complexity index is 540. The number of hydrogen-bond donors (Lipinski definition) is 1. The van der Waals surface area contributed by atoms with E-state index in [1.54, 1.807) is 11.3 Å². The van der Waals surface area contributed by atoms with Crippen LogP contribution in [0.3, 0.4) is 0 Å². The number of carbonyl (C=O) groups is 1. The Kier molecular flexibility index (Phi) is 5.17. The van der Waals surface area contributed by atoms with Gasteiger partial charge in [-0.1, -0.05) is 6.07 Å². The molecular formula is C13H20N2O3S2. The van der Waals surface area contributed by atoms with Crippen LogP contribution in [0.4, 0.5) is 0 Å². The zero-order valence-electron chi connectivity index (χ0n) is 11.5. The second-order valence-electron chi connectivity index (χ2n) is 5.11. The van der Waals surface area contributed by atoms with E-state index in [-0.39, 0.29) is 11.9 Å². The first kappa shape index (κ1) is 15.5. The third-order valence-electron chi connectivity index (χ3n) is 3.43. The molecule has 0 radical (unpaired) electrons. The number of nitrogens with one attached hydrogen (secondary N) is 1. The van der Waals surface area contributed by atoms with Gasteiger partial charge in [0.2, 0.25) is 15.9 Å². The highest BCUT2D eigenvalue weighted by Crippen LogP contribution is 2.19.